The van der Waals surface area contributed by atoms with Crippen LogP contribution in [0.15, 0.2) is 158 Å². The fourth-order valence-electron chi connectivity index (χ4n) is 8.42. The number of thiophene rings is 1. The summed E-state index contributed by atoms with van der Waals surface area (Å²) in [6, 6.07) is 58.7. The van der Waals surface area contributed by atoms with Gasteiger partial charge in [0.15, 0.2) is 0 Å². The SMILES string of the molecule is CC1(C)c2cc(-c3cccc4sc5ccccc5c34)ccc2-c2cc3c(-c4ccccc4)c4ccccc4c(-c4ccccc4)c3cc21. The van der Waals surface area contributed by atoms with E-state index in [9.17, 15) is 0 Å². The summed E-state index contributed by atoms with van der Waals surface area (Å²) in [5, 5.41) is 7.91. The Balaban J connectivity index is 1.27. The number of fused-ring (bicyclic) bond motifs is 8. The fourth-order valence-corrected chi connectivity index (χ4v) is 9.55. The van der Waals surface area contributed by atoms with Crippen LogP contribution in [0.4, 0.5) is 0 Å². The van der Waals surface area contributed by atoms with Crippen LogP contribution in [-0.2, 0) is 5.41 Å². The van der Waals surface area contributed by atoms with Crippen molar-refractivity contribution in [3.8, 4) is 44.5 Å². The zero-order valence-corrected chi connectivity index (χ0v) is 27.7. The van der Waals surface area contributed by atoms with Crippen molar-refractivity contribution in [1.82, 2.24) is 0 Å². The monoisotopic (exact) mass is 628 g/mol. The molecule has 1 aliphatic rings. The number of benzene rings is 8. The largest absolute Gasteiger partial charge is 0.135 e. The molecule has 0 spiro atoms. The highest BCUT2D eigenvalue weighted by atomic mass is 32.1. The first-order valence-electron chi connectivity index (χ1n) is 16.8. The minimum Gasteiger partial charge on any atom is -0.135 e. The molecule has 0 unspecified atom stereocenters. The molecule has 0 radical (unpaired) electrons. The number of rotatable bonds is 3. The molecule has 8 aromatic carbocycles. The maximum atomic E-state index is 2.53. The first kappa shape index (κ1) is 27.6. The fraction of sp³-hybridized carbons (Fsp3) is 0.0638. The summed E-state index contributed by atoms with van der Waals surface area (Å²) in [4.78, 5) is 0. The highest BCUT2D eigenvalue weighted by molar-refractivity contribution is 7.25. The molecule has 0 amide bonds. The molecule has 1 aliphatic carbocycles. The molecule has 0 bridgehead atoms. The van der Waals surface area contributed by atoms with Crippen LogP contribution < -0.4 is 0 Å². The molecular formula is C47H32S. The Kier molecular flexibility index (Phi) is 5.89. The van der Waals surface area contributed by atoms with Crippen molar-refractivity contribution >= 4 is 53.1 Å². The molecule has 9 aromatic rings. The Morgan fingerprint density at radius 1 is 0.375 bits per heavy atom. The van der Waals surface area contributed by atoms with E-state index >= 15 is 0 Å². The van der Waals surface area contributed by atoms with Crippen LogP contribution >= 0.6 is 11.3 Å². The van der Waals surface area contributed by atoms with Crippen LogP contribution in [-0.4, -0.2) is 0 Å². The lowest BCUT2D eigenvalue weighted by Crippen LogP contribution is -2.15. The van der Waals surface area contributed by atoms with Gasteiger partial charge in [-0.05, 0) is 108 Å². The summed E-state index contributed by atoms with van der Waals surface area (Å²) in [7, 11) is 0. The third kappa shape index (κ3) is 3.89. The molecule has 226 valence electrons. The molecule has 1 heteroatoms. The molecule has 0 aliphatic heterocycles. The van der Waals surface area contributed by atoms with E-state index in [0.717, 1.165) is 0 Å². The van der Waals surface area contributed by atoms with Gasteiger partial charge < -0.3 is 0 Å². The molecule has 1 aromatic heterocycles. The van der Waals surface area contributed by atoms with E-state index in [1.165, 1.54) is 97.4 Å². The normalized spacial score (nSPS) is 13.4. The van der Waals surface area contributed by atoms with E-state index < -0.39 is 0 Å². The maximum Gasteiger partial charge on any atom is 0.0361 e. The van der Waals surface area contributed by atoms with Gasteiger partial charge in [0.25, 0.3) is 0 Å². The van der Waals surface area contributed by atoms with Crippen LogP contribution in [0.25, 0.3) is 86.2 Å². The summed E-state index contributed by atoms with van der Waals surface area (Å²) in [6.45, 7) is 4.82. The van der Waals surface area contributed by atoms with Crippen LogP contribution in [0.1, 0.15) is 25.0 Å². The Morgan fingerprint density at radius 3 is 1.62 bits per heavy atom. The lowest BCUT2D eigenvalue weighted by atomic mass is 9.79. The molecule has 48 heavy (non-hydrogen) atoms. The van der Waals surface area contributed by atoms with Gasteiger partial charge >= 0.3 is 0 Å². The van der Waals surface area contributed by atoms with Crippen molar-refractivity contribution in [1.29, 1.82) is 0 Å². The second-order valence-electron chi connectivity index (χ2n) is 13.6. The van der Waals surface area contributed by atoms with Gasteiger partial charge in [0.05, 0.1) is 0 Å². The van der Waals surface area contributed by atoms with Gasteiger partial charge in [-0.2, -0.15) is 0 Å². The lowest BCUT2D eigenvalue weighted by molar-refractivity contribution is 0.661. The molecule has 0 saturated heterocycles. The van der Waals surface area contributed by atoms with E-state index in [4.69, 9.17) is 0 Å². The van der Waals surface area contributed by atoms with Gasteiger partial charge in [0, 0.05) is 25.6 Å². The van der Waals surface area contributed by atoms with Crippen molar-refractivity contribution < 1.29 is 0 Å². The average molecular weight is 629 g/mol. The molecule has 0 fully saturated rings. The van der Waals surface area contributed by atoms with Crippen molar-refractivity contribution in [3.63, 3.8) is 0 Å². The van der Waals surface area contributed by atoms with Crippen LogP contribution in [0.2, 0.25) is 0 Å². The third-order valence-electron chi connectivity index (χ3n) is 10.7. The van der Waals surface area contributed by atoms with E-state index in [1.54, 1.807) is 0 Å². The molecule has 0 atom stereocenters. The highest BCUT2D eigenvalue weighted by Gasteiger charge is 2.37. The van der Waals surface area contributed by atoms with E-state index in [-0.39, 0.29) is 5.41 Å². The Bertz CT molecular complexity index is 2730. The second kappa shape index (κ2) is 10.2. The van der Waals surface area contributed by atoms with Crippen molar-refractivity contribution in [2.75, 3.05) is 0 Å². The summed E-state index contributed by atoms with van der Waals surface area (Å²) in [5.41, 5.74) is 13.0. The minimum atomic E-state index is -0.161. The Morgan fingerprint density at radius 2 is 0.938 bits per heavy atom. The molecule has 0 saturated carbocycles. The minimum absolute atomic E-state index is 0.161. The third-order valence-corrected chi connectivity index (χ3v) is 11.8. The lowest BCUT2D eigenvalue weighted by Gasteiger charge is -2.24. The van der Waals surface area contributed by atoms with Gasteiger partial charge in [-0.3, -0.25) is 0 Å². The quantitative estimate of drug-likeness (QED) is 0.171. The summed E-state index contributed by atoms with van der Waals surface area (Å²) >= 11 is 1.89. The second-order valence-corrected chi connectivity index (χ2v) is 14.7. The van der Waals surface area contributed by atoms with E-state index in [2.05, 4.69) is 172 Å². The van der Waals surface area contributed by atoms with Gasteiger partial charge in [0.1, 0.15) is 0 Å². The van der Waals surface area contributed by atoms with Gasteiger partial charge in [0.2, 0.25) is 0 Å². The summed E-state index contributed by atoms with van der Waals surface area (Å²) in [6.07, 6.45) is 0. The van der Waals surface area contributed by atoms with Gasteiger partial charge in [-0.25, -0.2) is 0 Å². The molecule has 10 rings (SSSR count). The predicted octanol–water partition coefficient (Wildman–Crippen LogP) is 13.7. The smallest absolute Gasteiger partial charge is 0.0361 e. The number of hydrogen-bond donors (Lipinski definition) is 0. The Labute approximate surface area is 284 Å². The molecule has 1 heterocycles. The van der Waals surface area contributed by atoms with Crippen LogP contribution in [0.5, 0.6) is 0 Å². The predicted molar refractivity (Wildman–Crippen MR) is 208 cm³/mol. The maximum absolute atomic E-state index is 2.53. The Hall–Kier alpha value is -5.50. The standard InChI is InChI=1S/C47H32S/c1-47(2)40-26-31(32-21-13-23-43-46(32)36-20-11-12-22-42(36)48-43)24-25-33(40)37-27-38-39(28-41(37)47)45(30-16-7-4-8-17-30)35-19-10-9-18-34(35)44(38)29-14-5-3-6-15-29/h3-28H,1-2H3. The van der Waals surface area contributed by atoms with Crippen molar-refractivity contribution in [3.05, 3.63) is 169 Å². The summed E-state index contributed by atoms with van der Waals surface area (Å²) in [5.74, 6) is 0. The average Bonchev–Trinajstić information content (AvgIpc) is 3.62. The van der Waals surface area contributed by atoms with Gasteiger partial charge in [-0.15, -0.1) is 11.3 Å². The number of hydrogen-bond acceptors (Lipinski definition) is 1. The van der Waals surface area contributed by atoms with Crippen LogP contribution in [0.3, 0.4) is 0 Å². The first-order chi connectivity index (χ1) is 23.6. The molecular weight excluding hydrogens is 597 g/mol. The van der Waals surface area contributed by atoms with Gasteiger partial charge in [-0.1, -0.05) is 141 Å². The molecule has 0 N–H and O–H groups in total. The topological polar surface area (TPSA) is 0 Å². The van der Waals surface area contributed by atoms with Crippen LogP contribution in [0, 0.1) is 0 Å². The zero-order valence-electron chi connectivity index (χ0n) is 26.9. The van der Waals surface area contributed by atoms with E-state index in [0.29, 0.717) is 0 Å². The summed E-state index contributed by atoms with van der Waals surface area (Å²) < 4.78 is 2.69. The highest BCUT2D eigenvalue weighted by Crippen LogP contribution is 2.54. The van der Waals surface area contributed by atoms with Crippen molar-refractivity contribution in [2.24, 2.45) is 0 Å². The van der Waals surface area contributed by atoms with E-state index in [1.807, 2.05) is 11.3 Å². The zero-order chi connectivity index (χ0) is 32.0. The van der Waals surface area contributed by atoms with Crippen molar-refractivity contribution in [2.45, 2.75) is 19.3 Å². The first-order valence-corrected chi connectivity index (χ1v) is 17.6. The molecule has 0 nitrogen and oxygen atoms in total.